The van der Waals surface area contributed by atoms with Crippen molar-refractivity contribution >= 4 is 6.09 Å². The second-order valence-electron chi connectivity index (χ2n) is 7.37. The van der Waals surface area contributed by atoms with Crippen molar-refractivity contribution in [2.45, 2.75) is 72.3 Å². The molecule has 0 aromatic heterocycles. The number of piperidine rings is 1. The van der Waals surface area contributed by atoms with Gasteiger partial charge in [0.2, 0.25) is 0 Å². The average Bonchev–Trinajstić information content (AvgIpc) is 2.51. The minimum Gasteiger partial charge on any atom is -0.444 e. The van der Waals surface area contributed by atoms with Crippen LogP contribution in [0, 0.1) is 5.92 Å². The van der Waals surface area contributed by atoms with E-state index in [-0.39, 0.29) is 12.4 Å². The predicted molar refractivity (Wildman–Crippen MR) is 95.0 cm³/mol. The summed E-state index contributed by atoms with van der Waals surface area (Å²) in [7, 11) is 0. The lowest BCUT2D eigenvalue weighted by Crippen LogP contribution is -2.49. The molecule has 2 atom stereocenters. The van der Waals surface area contributed by atoms with E-state index in [4.69, 9.17) is 14.2 Å². The first-order valence-electron chi connectivity index (χ1n) is 9.21. The molecule has 0 saturated carbocycles. The number of carbonyl (C=O) groups excluding carboxylic acids is 1. The van der Waals surface area contributed by atoms with E-state index in [9.17, 15) is 4.79 Å². The molecule has 0 radical (unpaired) electrons. The molecule has 1 heterocycles. The van der Waals surface area contributed by atoms with E-state index in [1.165, 1.54) is 0 Å². The highest BCUT2D eigenvalue weighted by molar-refractivity contribution is 5.68. The summed E-state index contributed by atoms with van der Waals surface area (Å²) in [6.07, 6.45) is 1.70. The molecule has 1 aliphatic rings. The molecule has 6 nitrogen and oxygen atoms in total. The Morgan fingerprint density at radius 1 is 1.25 bits per heavy atom. The molecule has 6 heteroatoms. The topological polar surface area (TPSA) is 60.0 Å². The zero-order chi connectivity index (χ0) is 18.2. The average molecular weight is 344 g/mol. The van der Waals surface area contributed by atoms with Gasteiger partial charge in [-0.3, -0.25) is 0 Å². The van der Waals surface area contributed by atoms with Crippen LogP contribution in [0.15, 0.2) is 0 Å². The van der Waals surface area contributed by atoms with Crippen molar-refractivity contribution in [3.63, 3.8) is 0 Å². The Morgan fingerprint density at radius 2 is 1.88 bits per heavy atom. The molecule has 142 valence electrons. The van der Waals surface area contributed by atoms with Gasteiger partial charge in [0.05, 0.1) is 0 Å². The summed E-state index contributed by atoms with van der Waals surface area (Å²) >= 11 is 0. The van der Waals surface area contributed by atoms with E-state index in [0.29, 0.717) is 31.7 Å². The first-order valence-corrected chi connectivity index (χ1v) is 9.21. The maximum absolute atomic E-state index is 12.3. The second-order valence-corrected chi connectivity index (χ2v) is 7.37. The van der Waals surface area contributed by atoms with Gasteiger partial charge in [0.25, 0.3) is 0 Å². The van der Waals surface area contributed by atoms with Crippen LogP contribution in [0.4, 0.5) is 4.79 Å². The largest absolute Gasteiger partial charge is 0.444 e. The first kappa shape index (κ1) is 21.2. The van der Waals surface area contributed by atoms with Gasteiger partial charge in [-0.15, -0.1) is 0 Å². The lowest BCUT2D eigenvalue weighted by atomic mass is 9.92. The maximum Gasteiger partial charge on any atom is 0.410 e. The van der Waals surface area contributed by atoms with Gasteiger partial charge in [-0.1, -0.05) is 0 Å². The lowest BCUT2D eigenvalue weighted by molar-refractivity contribution is -0.134. The van der Waals surface area contributed by atoms with Crippen molar-refractivity contribution in [3.05, 3.63) is 0 Å². The van der Waals surface area contributed by atoms with Gasteiger partial charge < -0.3 is 24.4 Å². The third-order valence-electron chi connectivity index (χ3n) is 4.13. The Morgan fingerprint density at radius 3 is 2.42 bits per heavy atom. The van der Waals surface area contributed by atoms with Crippen molar-refractivity contribution in [2.75, 3.05) is 32.8 Å². The Bertz CT molecular complexity index is 365. The van der Waals surface area contributed by atoms with Gasteiger partial charge in [0, 0.05) is 38.9 Å². The molecule has 1 saturated heterocycles. The molecule has 2 unspecified atom stereocenters. The molecule has 1 aliphatic heterocycles. The molecule has 1 N–H and O–H groups in total. The van der Waals surface area contributed by atoms with Gasteiger partial charge in [-0.2, -0.15) is 0 Å². The minimum absolute atomic E-state index is 0.207. The zero-order valence-electron chi connectivity index (χ0n) is 16.3. The smallest absolute Gasteiger partial charge is 0.410 e. The molecule has 0 bridgehead atoms. The number of hydrogen-bond donors (Lipinski definition) is 1. The van der Waals surface area contributed by atoms with Crippen LogP contribution in [0.5, 0.6) is 0 Å². The molecule has 24 heavy (non-hydrogen) atoms. The Labute approximate surface area is 147 Å². The van der Waals surface area contributed by atoms with E-state index in [0.717, 1.165) is 25.9 Å². The van der Waals surface area contributed by atoms with Gasteiger partial charge in [-0.05, 0) is 60.3 Å². The van der Waals surface area contributed by atoms with Crippen LogP contribution in [0.3, 0.4) is 0 Å². The number of nitrogens with one attached hydrogen (secondary N) is 1. The summed E-state index contributed by atoms with van der Waals surface area (Å²) < 4.78 is 16.6. The van der Waals surface area contributed by atoms with Gasteiger partial charge in [0.1, 0.15) is 5.60 Å². The van der Waals surface area contributed by atoms with E-state index < -0.39 is 5.60 Å². The third kappa shape index (κ3) is 7.81. The Hall–Kier alpha value is -0.850. The highest BCUT2D eigenvalue weighted by Gasteiger charge is 2.30. The van der Waals surface area contributed by atoms with Crippen molar-refractivity contribution in [3.8, 4) is 0 Å². The quantitative estimate of drug-likeness (QED) is 0.686. The molecular formula is C18H36N2O4. The number of ether oxygens (including phenoxy) is 3. The molecule has 1 amide bonds. The Kier molecular flexibility index (Phi) is 9.02. The Balaban J connectivity index is 2.46. The number of carbonyl (C=O) groups is 1. The van der Waals surface area contributed by atoms with Crippen molar-refractivity contribution in [1.29, 1.82) is 0 Å². The van der Waals surface area contributed by atoms with Crippen molar-refractivity contribution in [1.82, 2.24) is 10.2 Å². The summed E-state index contributed by atoms with van der Waals surface area (Å²) in [5.74, 6) is 0.412. The monoisotopic (exact) mass is 344 g/mol. The van der Waals surface area contributed by atoms with Crippen molar-refractivity contribution in [2.24, 2.45) is 5.92 Å². The molecule has 0 spiro atoms. The minimum atomic E-state index is -0.448. The molecule has 1 fully saturated rings. The van der Waals surface area contributed by atoms with Crippen LogP contribution in [0.2, 0.25) is 0 Å². The summed E-state index contributed by atoms with van der Waals surface area (Å²) in [6.45, 7) is 15.2. The number of nitrogens with zero attached hydrogens (tertiary/aromatic N) is 1. The molecule has 0 aliphatic carbocycles. The predicted octanol–water partition coefficient (Wildman–Crippen LogP) is 3.01. The standard InChI is InChI=1S/C18H36N2O4/c1-7-22-16(23-8-2)12-19-14(3)15-10-9-11-20(13-15)17(21)24-18(4,5)6/h14-16,19H,7-13H2,1-6H3. The summed E-state index contributed by atoms with van der Waals surface area (Å²) in [5.41, 5.74) is -0.448. The number of likely N-dealkylation sites (tertiary alicyclic amines) is 1. The summed E-state index contributed by atoms with van der Waals surface area (Å²) in [4.78, 5) is 14.1. The highest BCUT2D eigenvalue weighted by atomic mass is 16.7. The van der Waals surface area contributed by atoms with E-state index in [1.807, 2.05) is 39.5 Å². The van der Waals surface area contributed by atoms with Crippen LogP contribution < -0.4 is 5.32 Å². The van der Waals surface area contributed by atoms with E-state index in [2.05, 4.69) is 12.2 Å². The van der Waals surface area contributed by atoms with Crippen LogP contribution in [-0.4, -0.2) is 61.8 Å². The summed E-state index contributed by atoms with van der Waals surface area (Å²) in [5, 5.41) is 3.50. The van der Waals surface area contributed by atoms with Gasteiger partial charge in [-0.25, -0.2) is 4.79 Å². The summed E-state index contributed by atoms with van der Waals surface area (Å²) in [6, 6.07) is 0.290. The number of hydrogen-bond acceptors (Lipinski definition) is 5. The molecule has 1 rings (SSSR count). The number of amides is 1. The molecule has 0 aromatic rings. The fourth-order valence-electron chi connectivity index (χ4n) is 2.90. The SMILES string of the molecule is CCOC(CNC(C)C1CCCN(C(=O)OC(C)(C)C)C1)OCC. The molecular weight excluding hydrogens is 308 g/mol. The fourth-order valence-corrected chi connectivity index (χ4v) is 2.90. The molecule has 0 aromatic carbocycles. The normalized spacial score (nSPS) is 20.3. The van der Waals surface area contributed by atoms with Gasteiger partial charge >= 0.3 is 6.09 Å². The first-order chi connectivity index (χ1) is 11.3. The van der Waals surface area contributed by atoms with Crippen LogP contribution >= 0.6 is 0 Å². The lowest BCUT2D eigenvalue weighted by Gasteiger charge is -2.37. The highest BCUT2D eigenvalue weighted by Crippen LogP contribution is 2.22. The second kappa shape index (κ2) is 10.2. The maximum atomic E-state index is 12.3. The van der Waals surface area contributed by atoms with E-state index in [1.54, 1.807) is 0 Å². The third-order valence-corrected chi connectivity index (χ3v) is 4.13. The van der Waals surface area contributed by atoms with Crippen LogP contribution in [0.25, 0.3) is 0 Å². The fraction of sp³-hybridized carbons (Fsp3) is 0.944. The van der Waals surface area contributed by atoms with E-state index >= 15 is 0 Å². The zero-order valence-corrected chi connectivity index (χ0v) is 16.3. The van der Waals surface area contributed by atoms with Gasteiger partial charge in [0.15, 0.2) is 6.29 Å². The van der Waals surface area contributed by atoms with Crippen molar-refractivity contribution < 1.29 is 19.0 Å². The van der Waals surface area contributed by atoms with Crippen LogP contribution in [-0.2, 0) is 14.2 Å². The van der Waals surface area contributed by atoms with Crippen LogP contribution in [0.1, 0.15) is 54.4 Å². The number of rotatable bonds is 8.